The van der Waals surface area contributed by atoms with Crippen molar-refractivity contribution in [1.29, 1.82) is 0 Å². The van der Waals surface area contributed by atoms with Crippen molar-refractivity contribution in [3.8, 4) is 5.75 Å². The Hall–Kier alpha value is -1.77. The molecular formula is C17H24O3. The summed E-state index contributed by atoms with van der Waals surface area (Å²) in [7, 11) is 1.39. The Morgan fingerprint density at radius 2 is 2.00 bits per heavy atom. The van der Waals surface area contributed by atoms with E-state index < -0.39 is 0 Å². The third-order valence-electron chi connectivity index (χ3n) is 3.15. The van der Waals surface area contributed by atoms with Crippen LogP contribution in [-0.2, 0) is 9.53 Å². The van der Waals surface area contributed by atoms with Crippen molar-refractivity contribution in [1.82, 2.24) is 0 Å². The Bertz CT molecular complexity index is 487. The lowest BCUT2D eigenvalue weighted by Gasteiger charge is -2.11. The maximum Gasteiger partial charge on any atom is 0.333 e. The number of esters is 1. The van der Waals surface area contributed by atoms with E-state index in [0.717, 1.165) is 5.75 Å². The van der Waals surface area contributed by atoms with Gasteiger partial charge in [-0.2, -0.15) is 0 Å². The Balaban J connectivity index is 2.75. The number of hydrogen-bond donors (Lipinski definition) is 0. The summed E-state index contributed by atoms with van der Waals surface area (Å²) in [6.07, 6.45) is 2.42. The standard InChI is InChI=1S/C17H24O3/c1-6-14(17(18)19-5)7-8-20-16-10-13(4)9-15(11-16)12(2)3/h7,9-12H,6,8H2,1-5H3. The molecule has 1 aromatic carbocycles. The van der Waals surface area contributed by atoms with E-state index in [2.05, 4.69) is 32.9 Å². The number of benzene rings is 1. The molecule has 0 saturated carbocycles. The molecule has 0 heterocycles. The smallest absolute Gasteiger partial charge is 0.333 e. The van der Waals surface area contributed by atoms with Crippen LogP contribution >= 0.6 is 0 Å². The Labute approximate surface area is 121 Å². The highest BCUT2D eigenvalue weighted by Gasteiger charge is 2.07. The predicted molar refractivity (Wildman–Crippen MR) is 81.2 cm³/mol. The largest absolute Gasteiger partial charge is 0.489 e. The zero-order valence-corrected chi connectivity index (χ0v) is 13.0. The first kappa shape index (κ1) is 16.3. The van der Waals surface area contributed by atoms with Gasteiger partial charge in [0.1, 0.15) is 12.4 Å². The topological polar surface area (TPSA) is 35.5 Å². The highest BCUT2D eigenvalue weighted by atomic mass is 16.5. The average molecular weight is 276 g/mol. The van der Waals surface area contributed by atoms with Crippen molar-refractivity contribution < 1.29 is 14.3 Å². The van der Waals surface area contributed by atoms with Crippen LogP contribution in [0.2, 0.25) is 0 Å². The molecular weight excluding hydrogens is 252 g/mol. The van der Waals surface area contributed by atoms with Crippen LogP contribution in [0.15, 0.2) is 29.8 Å². The molecule has 3 heteroatoms. The van der Waals surface area contributed by atoms with Crippen molar-refractivity contribution >= 4 is 5.97 Å². The van der Waals surface area contributed by atoms with Crippen LogP contribution in [-0.4, -0.2) is 19.7 Å². The van der Waals surface area contributed by atoms with E-state index in [-0.39, 0.29) is 5.97 Å². The van der Waals surface area contributed by atoms with Crippen LogP contribution in [0.1, 0.15) is 44.2 Å². The minimum Gasteiger partial charge on any atom is -0.489 e. The van der Waals surface area contributed by atoms with Crippen molar-refractivity contribution in [3.63, 3.8) is 0 Å². The van der Waals surface area contributed by atoms with Crippen LogP contribution in [0.25, 0.3) is 0 Å². The summed E-state index contributed by atoms with van der Waals surface area (Å²) in [5.74, 6) is 1.02. The average Bonchev–Trinajstić information content (AvgIpc) is 2.42. The van der Waals surface area contributed by atoms with Gasteiger partial charge in [0.05, 0.1) is 7.11 Å². The number of rotatable bonds is 6. The highest BCUT2D eigenvalue weighted by molar-refractivity contribution is 5.88. The van der Waals surface area contributed by atoms with E-state index in [4.69, 9.17) is 9.47 Å². The van der Waals surface area contributed by atoms with Gasteiger partial charge in [0.15, 0.2) is 0 Å². The minimum absolute atomic E-state index is 0.289. The number of carbonyl (C=O) groups is 1. The van der Waals surface area contributed by atoms with Crippen LogP contribution in [0, 0.1) is 6.92 Å². The molecule has 110 valence electrons. The van der Waals surface area contributed by atoms with Crippen molar-refractivity contribution in [2.24, 2.45) is 0 Å². The zero-order valence-electron chi connectivity index (χ0n) is 13.0. The molecule has 0 aromatic heterocycles. The van der Waals surface area contributed by atoms with Crippen molar-refractivity contribution in [3.05, 3.63) is 41.0 Å². The monoisotopic (exact) mass is 276 g/mol. The number of hydrogen-bond acceptors (Lipinski definition) is 3. The minimum atomic E-state index is -0.289. The molecule has 0 bridgehead atoms. The Morgan fingerprint density at radius 3 is 2.55 bits per heavy atom. The van der Waals surface area contributed by atoms with Gasteiger partial charge in [-0.3, -0.25) is 0 Å². The molecule has 3 nitrogen and oxygen atoms in total. The van der Waals surface area contributed by atoms with Crippen LogP contribution < -0.4 is 4.74 Å². The highest BCUT2D eigenvalue weighted by Crippen LogP contribution is 2.22. The number of carbonyl (C=O) groups excluding carboxylic acids is 1. The molecule has 0 saturated heterocycles. The van der Waals surface area contributed by atoms with Gasteiger partial charge in [0, 0.05) is 5.57 Å². The summed E-state index contributed by atoms with van der Waals surface area (Å²) in [4.78, 5) is 11.4. The number of methoxy groups -OCH3 is 1. The second-order valence-electron chi connectivity index (χ2n) is 5.12. The molecule has 0 aliphatic carbocycles. The Kier molecular flexibility index (Phi) is 6.29. The van der Waals surface area contributed by atoms with E-state index in [1.165, 1.54) is 18.2 Å². The second kappa shape index (κ2) is 7.73. The van der Waals surface area contributed by atoms with Gasteiger partial charge < -0.3 is 9.47 Å². The van der Waals surface area contributed by atoms with Gasteiger partial charge in [0.25, 0.3) is 0 Å². The lowest BCUT2D eigenvalue weighted by molar-refractivity contribution is -0.136. The third-order valence-corrected chi connectivity index (χ3v) is 3.15. The molecule has 1 aromatic rings. The normalized spacial score (nSPS) is 11.6. The predicted octanol–water partition coefficient (Wildman–Crippen LogP) is 4.01. The first-order valence-corrected chi connectivity index (χ1v) is 6.99. The summed E-state index contributed by atoms with van der Waals surface area (Å²) in [5, 5.41) is 0. The fourth-order valence-corrected chi connectivity index (χ4v) is 1.93. The van der Waals surface area contributed by atoms with Gasteiger partial charge in [0.2, 0.25) is 0 Å². The zero-order chi connectivity index (χ0) is 15.1. The van der Waals surface area contributed by atoms with E-state index in [0.29, 0.717) is 24.5 Å². The summed E-state index contributed by atoms with van der Waals surface area (Å²) in [5.41, 5.74) is 3.08. The summed E-state index contributed by atoms with van der Waals surface area (Å²) < 4.78 is 10.4. The van der Waals surface area contributed by atoms with Crippen LogP contribution in [0.5, 0.6) is 5.75 Å². The van der Waals surface area contributed by atoms with Crippen LogP contribution in [0.3, 0.4) is 0 Å². The first-order chi connectivity index (χ1) is 9.47. The fourth-order valence-electron chi connectivity index (χ4n) is 1.93. The molecule has 0 unspecified atom stereocenters. The summed E-state index contributed by atoms with van der Waals surface area (Å²) >= 11 is 0. The molecule has 0 radical (unpaired) electrons. The molecule has 0 N–H and O–H groups in total. The molecule has 0 aliphatic rings. The van der Waals surface area contributed by atoms with E-state index in [9.17, 15) is 4.79 Å². The molecule has 20 heavy (non-hydrogen) atoms. The van der Waals surface area contributed by atoms with Crippen molar-refractivity contribution in [2.45, 2.75) is 40.0 Å². The van der Waals surface area contributed by atoms with Gasteiger partial charge in [-0.05, 0) is 48.6 Å². The van der Waals surface area contributed by atoms with Gasteiger partial charge in [-0.15, -0.1) is 0 Å². The van der Waals surface area contributed by atoms with Crippen molar-refractivity contribution in [2.75, 3.05) is 13.7 Å². The first-order valence-electron chi connectivity index (χ1n) is 6.99. The number of aryl methyl sites for hydroxylation is 1. The SMILES string of the molecule is CCC(=CCOc1cc(C)cc(C(C)C)c1)C(=O)OC. The molecule has 0 aliphatic heterocycles. The number of ether oxygens (including phenoxy) is 2. The lowest BCUT2D eigenvalue weighted by atomic mass is 10.0. The molecule has 0 atom stereocenters. The maximum absolute atomic E-state index is 11.4. The fraction of sp³-hybridized carbons (Fsp3) is 0.471. The van der Waals surface area contributed by atoms with E-state index in [1.54, 1.807) is 6.08 Å². The molecule has 0 spiro atoms. The quantitative estimate of drug-likeness (QED) is 0.582. The molecule has 0 fully saturated rings. The molecule has 0 amide bonds. The summed E-state index contributed by atoms with van der Waals surface area (Å²) in [6, 6.07) is 6.22. The van der Waals surface area contributed by atoms with E-state index in [1.807, 2.05) is 13.0 Å². The maximum atomic E-state index is 11.4. The molecule has 1 rings (SSSR count). The van der Waals surface area contributed by atoms with Gasteiger partial charge in [-0.1, -0.05) is 26.8 Å². The summed E-state index contributed by atoms with van der Waals surface area (Å²) in [6.45, 7) is 8.67. The Morgan fingerprint density at radius 1 is 1.30 bits per heavy atom. The second-order valence-corrected chi connectivity index (χ2v) is 5.12. The van der Waals surface area contributed by atoms with Gasteiger partial charge in [-0.25, -0.2) is 4.79 Å². The lowest BCUT2D eigenvalue weighted by Crippen LogP contribution is -2.06. The van der Waals surface area contributed by atoms with Gasteiger partial charge >= 0.3 is 5.97 Å². The van der Waals surface area contributed by atoms with Crippen LogP contribution in [0.4, 0.5) is 0 Å². The third kappa shape index (κ3) is 4.72. The van der Waals surface area contributed by atoms with E-state index >= 15 is 0 Å².